The molecule has 0 saturated heterocycles. The van der Waals surface area contributed by atoms with Crippen molar-refractivity contribution in [2.75, 3.05) is 31.6 Å². The summed E-state index contributed by atoms with van der Waals surface area (Å²) in [6.07, 6.45) is 0. The number of nitrogens with zero attached hydrogens (tertiary/aromatic N) is 3. The molecule has 0 aliphatic rings. The number of nitrogens with one attached hydrogen (secondary N) is 1. The SMILES string of the molecule is CCN(CC)CCNn1c2cc(Cl)ccc2c(C)[n+]1[O-]. The highest BCUT2D eigenvalue weighted by Crippen LogP contribution is 2.20. The van der Waals surface area contributed by atoms with Crippen LogP contribution in [-0.4, -0.2) is 35.9 Å². The summed E-state index contributed by atoms with van der Waals surface area (Å²) in [5.74, 6) is 0. The zero-order valence-corrected chi connectivity index (χ0v) is 12.9. The first-order chi connectivity index (χ1) is 9.58. The van der Waals surface area contributed by atoms with Crippen LogP contribution in [0.5, 0.6) is 0 Å². The van der Waals surface area contributed by atoms with E-state index < -0.39 is 0 Å². The smallest absolute Gasteiger partial charge is 0.136 e. The number of fused-ring (bicyclic) bond motifs is 1. The maximum Gasteiger partial charge on any atom is 0.136 e. The first kappa shape index (κ1) is 14.9. The Bertz CT molecular complexity index is 592. The van der Waals surface area contributed by atoms with Crippen molar-refractivity contribution < 1.29 is 4.85 Å². The minimum Gasteiger partial charge on any atom is -0.692 e. The van der Waals surface area contributed by atoms with Crippen LogP contribution in [0.2, 0.25) is 5.02 Å². The van der Waals surface area contributed by atoms with Crippen molar-refractivity contribution in [1.82, 2.24) is 9.69 Å². The second kappa shape index (κ2) is 6.33. The molecular formula is C14H21ClN4O. The largest absolute Gasteiger partial charge is 0.692 e. The van der Waals surface area contributed by atoms with E-state index in [1.807, 2.05) is 19.1 Å². The predicted molar refractivity (Wildman–Crippen MR) is 82.7 cm³/mol. The summed E-state index contributed by atoms with van der Waals surface area (Å²) in [4.78, 5) is 4.71. The molecule has 1 N–H and O–H groups in total. The van der Waals surface area contributed by atoms with Gasteiger partial charge in [-0.2, -0.15) is 4.85 Å². The van der Waals surface area contributed by atoms with Gasteiger partial charge in [-0.15, -0.1) is 0 Å². The van der Waals surface area contributed by atoms with Gasteiger partial charge in [0.05, 0.1) is 5.39 Å². The highest BCUT2D eigenvalue weighted by atomic mass is 35.5. The van der Waals surface area contributed by atoms with Crippen LogP contribution in [0.15, 0.2) is 18.2 Å². The van der Waals surface area contributed by atoms with Crippen molar-refractivity contribution in [3.63, 3.8) is 0 Å². The average molecular weight is 297 g/mol. The lowest BCUT2D eigenvalue weighted by Crippen LogP contribution is -2.45. The third-order valence-electron chi connectivity index (χ3n) is 3.63. The molecule has 110 valence electrons. The van der Waals surface area contributed by atoms with E-state index in [1.54, 1.807) is 6.07 Å². The maximum absolute atomic E-state index is 12.2. The molecule has 0 aliphatic heterocycles. The molecule has 2 aromatic rings. The molecule has 1 aromatic carbocycles. The fraction of sp³-hybridized carbons (Fsp3) is 0.500. The van der Waals surface area contributed by atoms with Gasteiger partial charge in [-0.25, -0.2) is 5.43 Å². The monoisotopic (exact) mass is 296 g/mol. The van der Waals surface area contributed by atoms with Gasteiger partial charge in [0.2, 0.25) is 0 Å². The number of aryl methyl sites for hydroxylation is 1. The summed E-state index contributed by atoms with van der Waals surface area (Å²) in [5, 5.41) is 13.7. The summed E-state index contributed by atoms with van der Waals surface area (Å²) in [7, 11) is 0. The number of rotatable bonds is 6. The van der Waals surface area contributed by atoms with Gasteiger partial charge in [0.1, 0.15) is 17.8 Å². The van der Waals surface area contributed by atoms with Crippen LogP contribution in [-0.2, 0) is 0 Å². The van der Waals surface area contributed by atoms with Crippen LogP contribution in [0.3, 0.4) is 0 Å². The standard InChI is InChI=1S/C14H21ClN4O/c1-4-17(5-2)9-8-16-18-14-10-12(15)6-7-13(14)11(3)19(18)20/h6-7,10,16H,4-5,8-9H2,1-3H3. The van der Waals surface area contributed by atoms with Gasteiger partial charge in [0.15, 0.2) is 0 Å². The van der Waals surface area contributed by atoms with E-state index >= 15 is 0 Å². The topological polar surface area (TPSA) is 47.1 Å². The molecule has 2 rings (SSSR count). The van der Waals surface area contributed by atoms with Crippen LogP contribution in [0.25, 0.3) is 10.9 Å². The van der Waals surface area contributed by atoms with E-state index in [2.05, 4.69) is 24.2 Å². The van der Waals surface area contributed by atoms with E-state index in [1.165, 1.54) is 4.79 Å². The molecular weight excluding hydrogens is 276 g/mol. The molecule has 0 spiro atoms. The second-order valence-electron chi connectivity index (χ2n) is 4.77. The Balaban J connectivity index is 2.21. The molecule has 0 amide bonds. The van der Waals surface area contributed by atoms with Gasteiger partial charge in [-0.3, -0.25) is 4.90 Å². The Labute approximate surface area is 124 Å². The Hall–Kier alpha value is -1.46. The lowest BCUT2D eigenvalue weighted by atomic mass is 10.2. The molecule has 0 radical (unpaired) electrons. The summed E-state index contributed by atoms with van der Waals surface area (Å²) < 4.78 is 0. The number of benzene rings is 1. The lowest BCUT2D eigenvalue weighted by Gasteiger charge is -2.17. The summed E-state index contributed by atoms with van der Waals surface area (Å²) in [6, 6.07) is 5.49. The average Bonchev–Trinajstić information content (AvgIpc) is 2.68. The van der Waals surface area contributed by atoms with Crippen LogP contribution in [0.1, 0.15) is 19.5 Å². The molecule has 20 heavy (non-hydrogen) atoms. The van der Waals surface area contributed by atoms with E-state index in [9.17, 15) is 5.21 Å². The van der Waals surface area contributed by atoms with Gasteiger partial charge in [0, 0.05) is 18.5 Å². The summed E-state index contributed by atoms with van der Waals surface area (Å²) in [6.45, 7) is 9.69. The normalized spacial score (nSPS) is 11.4. The second-order valence-corrected chi connectivity index (χ2v) is 5.20. The minimum absolute atomic E-state index is 0.627. The number of hydrogen-bond acceptors (Lipinski definition) is 3. The molecule has 0 saturated carbocycles. The Kier molecular flexibility index (Phi) is 4.73. The van der Waals surface area contributed by atoms with Crippen molar-refractivity contribution in [1.29, 1.82) is 0 Å². The molecule has 0 fully saturated rings. The fourth-order valence-corrected chi connectivity index (χ4v) is 2.51. The molecule has 0 aliphatic carbocycles. The Morgan fingerprint density at radius 1 is 1.35 bits per heavy atom. The Morgan fingerprint density at radius 3 is 2.70 bits per heavy atom. The van der Waals surface area contributed by atoms with E-state index in [0.29, 0.717) is 17.3 Å². The van der Waals surface area contributed by atoms with Crippen molar-refractivity contribution in [2.24, 2.45) is 0 Å². The Morgan fingerprint density at radius 2 is 2.05 bits per heavy atom. The van der Waals surface area contributed by atoms with Crippen molar-refractivity contribution >= 4 is 22.5 Å². The first-order valence-electron chi connectivity index (χ1n) is 6.95. The number of likely N-dealkylation sites (N-methyl/N-ethyl adjacent to an activating group) is 1. The minimum atomic E-state index is 0.627. The van der Waals surface area contributed by atoms with Crippen molar-refractivity contribution in [3.05, 3.63) is 34.1 Å². The lowest BCUT2D eigenvalue weighted by molar-refractivity contribution is -0.692. The highest BCUT2D eigenvalue weighted by Gasteiger charge is 2.15. The zero-order chi connectivity index (χ0) is 14.7. The van der Waals surface area contributed by atoms with E-state index in [-0.39, 0.29) is 0 Å². The quantitative estimate of drug-likeness (QED) is 0.656. The van der Waals surface area contributed by atoms with E-state index in [4.69, 9.17) is 11.6 Å². The predicted octanol–water partition coefficient (Wildman–Crippen LogP) is 2.12. The third kappa shape index (κ3) is 2.83. The molecule has 6 heteroatoms. The number of aromatic nitrogens is 2. The van der Waals surface area contributed by atoms with Crippen LogP contribution in [0.4, 0.5) is 0 Å². The molecule has 0 unspecified atom stereocenters. The van der Waals surface area contributed by atoms with E-state index in [0.717, 1.165) is 35.4 Å². The van der Waals surface area contributed by atoms with Gasteiger partial charge in [-0.05, 0) is 31.3 Å². The number of hydrogen-bond donors (Lipinski definition) is 1. The molecule has 5 nitrogen and oxygen atoms in total. The van der Waals surface area contributed by atoms with Crippen LogP contribution in [0, 0.1) is 12.1 Å². The molecule has 1 heterocycles. The maximum atomic E-state index is 12.2. The van der Waals surface area contributed by atoms with Gasteiger partial charge < -0.3 is 5.21 Å². The third-order valence-corrected chi connectivity index (χ3v) is 3.87. The van der Waals surface area contributed by atoms with Crippen molar-refractivity contribution in [2.45, 2.75) is 20.8 Å². The van der Waals surface area contributed by atoms with Gasteiger partial charge >= 0.3 is 0 Å². The van der Waals surface area contributed by atoms with Gasteiger partial charge in [0.25, 0.3) is 0 Å². The first-order valence-corrected chi connectivity index (χ1v) is 7.32. The summed E-state index contributed by atoms with van der Waals surface area (Å²) in [5.41, 5.74) is 4.65. The molecule has 0 atom stereocenters. The van der Waals surface area contributed by atoms with Crippen LogP contribution < -0.4 is 10.3 Å². The molecule has 1 aromatic heterocycles. The van der Waals surface area contributed by atoms with Crippen LogP contribution >= 0.6 is 11.6 Å². The van der Waals surface area contributed by atoms with Gasteiger partial charge in [-0.1, -0.05) is 30.2 Å². The highest BCUT2D eigenvalue weighted by molar-refractivity contribution is 6.31. The number of halogens is 1. The van der Waals surface area contributed by atoms with Crippen molar-refractivity contribution in [3.8, 4) is 0 Å². The zero-order valence-electron chi connectivity index (χ0n) is 12.2. The molecule has 0 bridgehead atoms. The summed E-state index contributed by atoms with van der Waals surface area (Å²) >= 11 is 6.02. The fourth-order valence-electron chi connectivity index (χ4n) is 2.34.